The van der Waals surface area contributed by atoms with Crippen molar-refractivity contribution in [1.82, 2.24) is 4.98 Å². The van der Waals surface area contributed by atoms with Gasteiger partial charge in [0.2, 0.25) is 0 Å². The summed E-state index contributed by atoms with van der Waals surface area (Å²) in [6, 6.07) is 24.2. The van der Waals surface area contributed by atoms with Crippen molar-refractivity contribution in [2.24, 2.45) is 0 Å². The molecule has 28 heavy (non-hydrogen) atoms. The Morgan fingerprint density at radius 3 is 2.29 bits per heavy atom. The molecular formula is C24H20N2OS. The summed E-state index contributed by atoms with van der Waals surface area (Å²) in [7, 11) is 0. The van der Waals surface area contributed by atoms with E-state index in [4.69, 9.17) is 4.98 Å². The van der Waals surface area contributed by atoms with Gasteiger partial charge in [0.15, 0.2) is 0 Å². The molecular weight excluding hydrogens is 364 g/mol. The highest BCUT2D eigenvalue weighted by Gasteiger charge is 2.26. The molecule has 0 spiro atoms. The number of thioether (sulfide) groups is 1. The average molecular weight is 385 g/mol. The van der Waals surface area contributed by atoms with Crippen LogP contribution in [0.3, 0.4) is 0 Å². The van der Waals surface area contributed by atoms with Crippen molar-refractivity contribution >= 4 is 17.5 Å². The maximum atomic E-state index is 12.4. The van der Waals surface area contributed by atoms with Gasteiger partial charge in [0, 0.05) is 17.5 Å². The van der Waals surface area contributed by atoms with Crippen molar-refractivity contribution in [3.05, 3.63) is 72.3 Å². The molecule has 1 aromatic heterocycles. The molecule has 1 heterocycles. The van der Waals surface area contributed by atoms with E-state index >= 15 is 0 Å². The third-order valence-corrected chi connectivity index (χ3v) is 6.31. The maximum Gasteiger partial charge on any atom is 0.146 e. The fraction of sp³-hybridized carbons (Fsp3) is 0.208. The van der Waals surface area contributed by atoms with E-state index in [1.165, 1.54) is 11.8 Å². The monoisotopic (exact) mass is 384 g/mol. The van der Waals surface area contributed by atoms with Crippen LogP contribution in [-0.2, 0) is 4.79 Å². The fourth-order valence-electron chi connectivity index (χ4n) is 3.53. The summed E-state index contributed by atoms with van der Waals surface area (Å²) in [4.78, 5) is 17.2. The average Bonchev–Trinajstić information content (AvgIpc) is 2.76. The second kappa shape index (κ2) is 8.41. The number of Topliss-reactive ketones (excluding diaryl/α,β-unsaturated/α-hetero) is 1. The van der Waals surface area contributed by atoms with E-state index in [2.05, 4.69) is 6.07 Å². The highest BCUT2D eigenvalue weighted by atomic mass is 32.2. The number of hydrogen-bond acceptors (Lipinski definition) is 4. The third-order valence-electron chi connectivity index (χ3n) is 5.00. The Hall–Kier alpha value is -2.90. The molecule has 1 atom stereocenters. The zero-order valence-electron chi connectivity index (χ0n) is 15.5. The van der Waals surface area contributed by atoms with E-state index in [1.807, 2.05) is 66.7 Å². The van der Waals surface area contributed by atoms with E-state index in [1.54, 1.807) is 0 Å². The summed E-state index contributed by atoms with van der Waals surface area (Å²) in [5.74, 6) is 0.272. The van der Waals surface area contributed by atoms with Crippen LogP contribution in [0.1, 0.15) is 31.2 Å². The number of aromatic nitrogens is 1. The lowest BCUT2D eigenvalue weighted by Gasteiger charge is -2.21. The smallest absolute Gasteiger partial charge is 0.146 e. The lowest BCUT2D eigenvalue weighted by atomic mass is 9.99. The van der Waals surface area contributed by atoms with E-state index in [-0.39, 0.29) is 11.0 Å². The van der Waals surface area contributed by atoms with Crippen LogP contribution in [0.15, 0.2) is 71.8 Å². The number of nitrogens with zero attached hydrogens (tertiary/aromatic N) is 2. The highest BCUT2D eigenvalue weighted by molar-refractivity contribution is 8.00. The second-order valence-electron chi connectivity index (χ2n) is 6.90. The van der Waals surface area contributed by atoms with Crippen molar-refractivity contribution in [1.29, 1.82) is 5.26 Å². The molecule has 1 saturated carbocycles. The summed E-state index contributed by atoms with van der Waals surface area (Å²) >= 11 is 1.46. The minimum Gasteiger partial charge on any atom is -0.298 e. The van der Waals surface area contributed by atoms with Crippen molar-refractivity contribution in [2.75, 3.05) is 0 Å². The Labute approximate surface area is 169 Å². The first kappa shape index (κ1) is 18.5. The summed E-state index contributed by atoms with van der Waals surface area (Å²) < 4.78 is 0. The van der Waals surface area contributed by atoms with Gasteiger partial charge >= 0.3 is 0 Å². The first-order valence-electron chi connectivity index (χ1n) is 9.51. The van der Waals surface area contributed by atoms with Gasteiger partial charge in [-0.3, -0.25) is 4.79 Å². The quantitative estimate of drug-likeness (QED) is 0.563. The molecule has 138 valence electrons. The molecule has 4 heteroatoms. The summed E-state index contributed by atoms with van der Waals surface area (Å²) in [6.45, 7) is 0. The van der Waals surface area contributed by atoms with Gasteiger partial charge in [0.25, 0.3) is 0 Å². The Bertz CT molecular complexity index is 1030. The van der Waals surface area contributed by atoms with Crippen molar-refractivity contribution in [3.8, 4) is 28.5 Å². The lowest BCUT2D eigenvalue weighted by Crippen LogP contribution is -2.21. The minimum absolute atomic E-state index is 0.108. The molecule has 1 fully saturated rings. The molecule has 0 unspecified atom stereocenters. The third kappa shape index (κ3) is 3.85. The van der Waals surface area contributed by atoms with E-state index in [0.29, 0.717) is 17.0 Å². The Kier molecular flexibility index (Phi) is 5.55. The number of carbonyl (C=O) groups is 1. The van der Waals surface area contributed by atoms with Crippen LogP contribution in [0.2, 0.25) is 0 Å². The summed E-state index contributed by atoms with van der Waals surface area (Å²) in [6.07, 6.45) is 3.50. The molecule has 0 bridgehead atoms. The summed E-state index contributed by atoms with van der Waals surface area (Å²) in [5.41, 5.74) is 4.22. The zero-order valence-corrected chi connectivity index (χ0v) is 16.3. The summed E-state index contributed by atoms with van der Waals surface area (Å²) in [5, 5.41) is 10.5. The van der Waals surface area contributed by atoms with E-state index in [0.717, 1.165) is 41.6 Å². The Morgan fingerprint density at radius 1 is 0.964 bits per heavy atom. The van der Waals surface area contributed by atoms with Gasteiger partial charge in [0.05, 0.1) is 16.5 Å². The number of carbonyl (C=O) groups excluding carboxylic acids is 1. The Morgan fingerprint density at radius 2 is 1.64 bits per heavy atom. The molecule has 0 saturated heterocycles. The SMILES string of the molecule is N#Cc1c(-c2ccccc2)cc(-c2ccccc2)nc1S[C@@H]1CCCCC1=O. The zero-order chi connectivity index (χ0) is 19.3. The molecule has 0 amide bonds. The predicted molar refractivity (Wildman–Crippen MR) is 113 cm³/mol. The van der Waals surface area contributed by atoms with Crippen LogP contribution in [-0.4, -0.2) is 16.0 Å². The molecule has 0 N–H and O–H groups in total. The van der Waals surface area contributed by atoms with Gasteiger partial charge in [-0.2, -0.15) is 5.26 Å². The maximum absolute atomic E-state index is 12.4. The van der Waals surface area contributed by atoms with Gasteiger partial charge in [-0.1, -0.05) is 78.8 Å². The topological polar surface area (TPSA) is 53.8 Å². The normalized spacial score (nSPS) is 16.5. The number of rotatable bonds is 4. The number of ketones is 1. The van der Waals surface area contributed by atoms with Crippen LogP contribution in [0.5, 0.6) is 0 Å². The largest absolute Gasteiger partial charge is 0.298 e. The molecule has 0 aliphatic heterocycles. The van der Waals surface area contributed by atoms with E-state index in [9.17, 15) is 10.1 Å². The van der Waals surface area contributed by atoms with Gasteiger partial charge in [-0.15, -0.1) is 0 Å². The molecule has 1 aliphatic carbocycles. The van der Waals surface area contributed by atoms with Crippen LogP contribution in [0, 0.1) is 11.3 Å². The van der Waals surface area contributed by atoms with Gasteiger partial charge in [0.1, 0.15) is 16.9 Å². The van der Waals surface area contributed by atoms with Crippen molar-refractivity contribution in [2.45, 2.75) is 36.0 Å². The van der Waals surface area contributed by atoms with Crippen LogP contribution in [0.25, 0.3) is 22.4 Å². The van der Waals surface area contributed by atoms with Gasteiger partial charge in [-0.05, 0) is 24.5 Å². The molecule has 0 radical (unpaired) electrons. The van der Waals surface area contributed by atoms with Crippen molar-refractivity contribution in [3.63, 3.8) is 0 Å². The molecule has 2 aromatic carbocycles. The molecule has 1 aliphatic rings. The van der Waals surface area contributed by atoms with Crippen LogP contribution < -0.4 is 0 Å². The predicted octanol–water partition coefficient (Wildman–Crippen LogP) is 5.89. The molecule has 4 rings (SSSR count). The molecule has 3 nitrogen and oxygen atoms in total. The standard InChI is InChI=1S/C24H20N2OS/c25-16-20-19(17-9-3-1-4-10-17)15-21(18-11-5-2-6-12-18)26-24(20)28-23-14-8-7-13-22(23)27/h1-6,9-12,15,23H,7-8,13-14H2/t23-/m1/s1. The highest BCUT2D eigenvalue weighted by Crippen LogP contribution is 2.38. The number of hydrogen-bond donors (Lipinski definition) is 0. The molecule has 3 aromatic rings. The first-order valence-corrected chi connectivity index (χ1v) is 10.4. The lowest BCUT2D eigenvalue weighted by molar-refractivity contribution is -0.119. The van der Waals surface area contributed by atoms with E-state index < -0.39 is 0 Å². The van der Waals surface area contributed by atoms with Crippen LogP contribution >= 0.6 is 11.8 Å². The van der Waals surface area contributed by atoms with Gasteiger partial charge < -0.3 is 0 Å². The fourth-order valence-corrected chi connectivity index (χ4v) is 4.76. The first-order chi connectivity index (χ1) is 13.8. The number of nitriles is 1. The van der Waals surface area contributed by atoms with Crippen LogP contribution in [0.4, 0.5) is 0 Å². The van der Waals surface area contributed by atoms with Crippen molar-refractivity contribution < 1.29 is 4.79 Å². The number of benzene rings is 2. The minimum atomic E-state index is -0.108. The van der Waals surface area contributed by atoms with Gasteiger partial charge in [-0.25, -0.2) is 4.98 Å². The number of pyridine rings is 1. The second-order valence-corrected chi connectivity index (χ2v) is 8.09. The Balaban J connectivity index is 1.86.